The molecule has 3 amide bonds. The van der Waals surface area contributed by atoms with Crippen molar-refractivity contribution in [1.82, 2.24) is 0 Å². The van der Waals surface area contributed by atoms with E-state index in [1.807, 2.05) is 0 Å². The van der Waals surface area contributed by atoms with Crippen LogP contribution < -0.4 is 5.32 Å². The lowest BCUT2D eigenvalue weighted by Gasteiger charge is -2.19. The Morgan fingerprint density at radius 2 is 1.96 bits per heavy atom. The second kappa shape index (κ2) is 8.77. The molecule has 25 heavy (non-hydrogen) atoms. The quantitative estimate of drug-likeness (QED) is 0.790. The number of hydrogen-bond acceptors (Lipinski definition) is 5. The zero-order chi connectivity index (χ0) is 18.4. The minimum atomic E-state index is -0.856. The highest BCUT2D eigenvalue weighted by molar-refractivity contribution is 8.14. The first-order valence-electron chi connectivity index (χ1n) is 7.43. The van der Waals surface area contributed by atoms with E-state index in [0.717, 1.165) is 11.8 Å². The largest absolute Gasteiger partial charge is 0.465 e. The van der Waals surface area contributed by atoms with E-state index < -0.39 is 17.9 Å². The third-order valence-electron chi connectivity index (χ3n) is 3.14. The average Bonchev–Trinajstić information content (AvgIpc) is 2.54. The molecule has 7 nitrogen and oxygen atoms in total. The van der Waals surface area contributed by atoms with E-state index in [2.05, 4.69) is 15.3 Å². The van der Waals surface area contributed by atoms with Crippen LogP contribution in [0.3, 0.4) is 0 Å². The van der Waals surface area contributed by atoms with Crippen molar-refractivity contribution in [2.45, 2.75) is 13.8 Å². The van der Waals surface area contributed by atoms with Crippen LogP contribution in [0.1, 0.15) is 13.8 Å². The maximum Gasteiger partial charge on any atom is 0.367 e. The van der Waals surface area contributed by atoms with E-state index >= 15 is 0 Å². The van der Waals surface area contributed by atoms with Crippen LogP contribution in [-0.4, -0.2) is 41.0 Å². The number of aliphatic imine (C=N–C) groups is 2. The van der Waals surface area contributed by atoms with Gasteiger partial charge in [0.05, 0.1) is 17.4 Å². The number of nitrogens with zero attached hydrogens (tertiary/aromatic N) is 2. The molecule has 1 aliphatic rings. The molecule has 0 aromatic heterocycles. The van der Waals surface area contributed by atoms with Crippen LogP contribution in [0.25, 0.3) is 0 Å². The fraction of sp³-hybridized carbons (Fsp3) is 0.312. The Balaban J connectivity index is 2.01. The van der Waals surface area contributed by atoms with Gasteiger partial charge in [-0.2, -0.15) is 9.98 Å². The Labute approximate surface area is 153 Å². The molecule has 0 saturated heterocycles. The average molecular weight is 382 g/mol. The number of rotatable bonds is 5. The van der Waals surface area contributed by atoms with Crippen LogP contribution in [0.2, 0.25) is 5.02 Å². The molecule has 1 aromatic carbocycles. The van der Waals surface area contributed by atoms with Gasteiger partial charge in [0.25, 0.3) is 0 Å². The Bertz CT molecular complexity index is 746. The summed E-state index contributed by atoms with van der Waals surface area (Å²) in [5.74, 6) is -1.71. The smallest absolute Gasteiger partial charge is 0.367 e. The van der Waals surface area contributed by atoms with Crippen LogP contribution in [0.5, 0.6) is 0 Å². The van der Waals surface area contributed by atoms with E-state index in [1.165, 1.54) is 0 Å². The van der Waals surface area contributed by atoms with E-state index in [9.17, 15) is 14.4 Å². The highest BCUT2D eigenvalue weighted by atomic mass is 35.5. The van der Waals surface area contributed by atoms with Gasteiger partial charge in [0.15, 0.2) is 0 Å². The van der Waals surface area contributed by atoms with E-state index in [-0.39, 0.29) is 23.3 Å². The van der Waals surface area contributed by atoms with Gasteiger partial charge in [-0.1, -0.05) is 23.4 Å². The standard InChI is InChI=1S/C16H16ClN3O4S/c1-3-24-15(22)13-9(2)18-16(23)20-14(13)25-8-12(21)19-11-6-4-10(17)5-7-11/h4-7,13H,3,8H2,1-2H3,(H,19,21). The zero-order valence-corrected chi connectivity index (χ0v) is 15.2. The Hall–Kier alpha value is -2.19. The van der Waals surface area contributed by atoms with E-state index in [0.29, 0.717) is 16.4 Å². The molecule has 1 unspecified atom stereocenters. The minimum Gasteiger partial charge on any atom is -0.465 e. The maximum absolute atomic E-state index is 12.1. The zero-order valence-electron chi connectivity index (χ0n) is 13.6. The predicted octanol–water partition coefficient (Wildman–Crippen LogP) is 3.18. The first-order chi connectivity index (χ1) is 11.9. The number of anilines is 1. The number of ether oxygens (including phenoxy) is 1. The van der Waals surface area contributed by atoms with Gasteiger partial charge in [0, 0.05) is 16.4 Å². The van der Waals surface area contributed by atoms with Crippen molar-refractivity contribution in [2.24, 2.45) is 15.9 Å². The number of benzene rings is 1. The van der Waals surface area contributed by atoms with Crippen molar-refractivity contribution < 1.29 is 19.1 Å². The van der Waals surface area contributed by atoms with Crippen molar-refractivity contribution in [3.8, 4) is 0 Å². The first-order valence-corrected chi connectivity index (χ1v) is 8.79. The molecular formula is C16H16ClN3O4S. The fourth-order valence-corrected chi connectivity index (χ4v) is 3.11. The molecule has 0 fully saturated rings. The van der Waals surface area contributed by atoms with Gasteiger partial charge in [-0.25, -0.2) is 4.79 Å². The number of nitrogens with one attached hydrogen (secondary N) is 1. The molecule has 132 valence electrons. The summed E-state index contributed by atoms with van der Waals surface area (Å²) in [6, 6.07) is 5.96. The molecule has 0 spiro atoms. The molecule has 2 rings (SSSR count). The van der Waals surface area contributed by atoms with Crippen molar-refractivity contribution in [1.29, 1.82) is 0 Å². The number of hydrogen-bond donors (Lipinski definition) is 1. The predicted molar refractivity (Wildman–Crippen MR) is 98.6 cm³/mol. The number of amides is 3. The number of carbonyl (C=O) groups excluding carboxylic acids is 3. The van der Waals surface area contributed by atoms with Crippen LogP contribution in [0, 0.1) is 5.92 Å². The lowest BCUT2D eigenvalue weighted by atomic mass is 10.1. The van der Waals surface area contributed by atoms with Gasteiger partial charge < -0.3 is 10.1 Å². The van der Waals surface area contributed by atoms with Gasteiger partial charge in [0.1, 0.15) is 5.92 Å². The van der Waals surface area contributed by atoms with E-state index in [1.54, 1.807) is 38.1 Å². The molecule has 9 heteroatoms. The summed E-state index contributed by atoms with van der Waals surface area (Å²) >= 11 is 6.80. The van der Waals surface area contributed by atoms with Gasteiger partial charge in [-0.3, -0.25) is 9.59 Å². The Kier molecular flexibility index (Phi) is 6.72. The third kappa shape index (κ3) is 5.40. The van der Waals surface area contributed by atoms with Gasteiger partial charge in [0.2, 0.25) is 5.91 Å². The summed E-state index contributed by atoms with van der Waals surface area (Å²) in [4.78, 5) is 43.1. The van der Waals surface area contributed by atoms with Crippen LogP contribution in [0.4, 0.5) is 10.5 Å². The van der Waals surface area contributed by atoms with Crippen molar-refractivity contribution >= 4 is 57.7 Å². The van der Waals surface area contributed by atoms with Gasteiger partial charge in [-0.05, 0) is 38.1 Å². The summed E-state index contributed by atoms with van der Waals surface area (Å²) in [5.41, 5.74) is 0.899. The summed E-state index contributed by atoms with van der Waals surface area (Å²) in [5, 5.41) is 3.47. The third-order valence-corrected chi connectivity index (χ3v) is 4.43. The van der Waals surface area contributed by atoms with Crippen LogP contribution in [0.15, 0.2) is 34.3 Å². The summed E-state index contributed by atoms with van der Waals surface area (Å²) in [6.45, 7) is 3.44. The van der Waals surface area contributed by atoms with Crippen molar-refractivity contribution in [3.05, 3.63) is 29.3 Å². The normalized spacial score (nSPS) is 16.8. The summed E-state index contributed by atoms with van der Waals surface area (Å²) in [6.07, 6.45) is 0. The molecule has 0 radical (unpaired) electrons. The topological polar surface area (TPSA) is 97.2 Å². The molecule has 0 saturated carbocycles. The summed E-state index contributed by atoms with van der Waals surface area (Å²) in [7, 11) is 0. The maximum atomic E-state index is 12.1. The fourth-order valence-electron chi connectivity index (χ4n) is 2.06. The van der Waals surface area contributed by atoms with Gasteiger partial charge >= 0.3 is 12.0 Å². The SMILES string of the molecule is CCOC(=O)C1C(C)=NC(=O)N=C1SCC(=O)Nc1ccc(Cl)cc1. The number of carbonyl (C=O) groups is 3. The number of esters is 1. The second-order valence-corrected chi connectivity index (χ2v) is 6.45. The monoisotopic (exact) mass is 381 g/mol. The minimum absolute atomic E-state index is 0.0159. The highest BCUT2D eigenvalue weighted by Gasteiger charge is 2.33. The molecule has 0 bridgehead atoms. The molecule has 1 heterocycles. The van der Waals surface area contributed by atoms with Crippen molar-refractivity contribution in [3.63, 3.8) is 0 Å². The molecule has 1 aromatic rings. The lowest BCUT2D eigenvalue weighted by molar-refractivity contribution is -0.143. The Morgan fingerprint density at radius 3 is 2.60 bits per heavy atom. The second-order valence-electron chi connectivity index (χ2n) is 5.01. The lowest BCUT2D eigenvalue weighted by Crippen LogP contribution is -2.34. The first kappa shape index (κ1) is 19.1. The summed E-state index contributed by atoms with van der Waals surface area (Å²) < 4.78 is 4.99. The van der Waals surface area contributed by atoms with Gasteiger partial charge in [-0.15, -0.1) is 0 Å². The van der Waals surface area contributed by atoms with Crippen LogP contribution >= 0.6 is 23.4 Å². The molecule has 1 atom stereocenters. The highest BCUT2D eigenvalue weighted by Crippen LogP contribution is 2.22. The number of thioether (sulfide) groups is 1. The van der Waals surface area contributed by atoms with E-state index in [4.69, 9.17) is 16.3 Å². The molecule has 0 aliphatic carbocycles. The molecule has 1 aliphatic heterocycles. The van der Waals surface area contributed by atoms with Crippen molar-refractivity contribution in [2.75, 3.05) is 17.7 Å². The molecular weight excluding hydrogens is 366 g/mol. The number of halogens is 1. The Morgan fingerprint density at radius 1 is 1.28 bits per heavy atom. The number of urea groups is 1. The van der Waals surface area contributed by atoms with Crippen LogP contribution in [-0.2, 0) is 14.3 Å². The molecule has 1 N–H and O–H groups in total.